The number of nitrogens with zero attached hydrogens (tertiary/aromatic N) is 2. The van der Waals surface area contributed by atoms with Gasteiger partial charge in [-0.05, 0) is 139 Å². The normalized spacial score (nSPS) is 18.7. The van der Waals surface area contributed by atoms with Gasteiger partial charge >= 0.3 is 11.3 Å². The average molecular weight is 871 g/mol. The Morgan fingerprint density at radius 3 is 1.09 bits per heavy atom. The van der Waals surface area contributed by atoms with Crippen molar-refractivity contribution in [3.8, 4) is 44.5 Å². The zero-order valence-corrected chi connectivity index (χ0v) is 39.6. The Morgan fingerprint density at radius 1 is 0.379 bits per heavy atom. The Morgan fingerprint density at radius 2 is 0.712 bits per heavy atom. The molecule has 0 fully saturated rings. The molecule has 0 saturated heterocycles. The minimum Gasteiger partial charge on any atom is -0.422 e. The highest BCUT2D eigenvalue weighted by Gasteiger charge is 2.43. The second kappa shape index (κ2) is 14.1. The van der Waals surface area contributed by atoms with Crippen molar-refractivity contribution in [1.82, 2.24) is 0 Å². The van der Waals surface area contributed by atoms with E-state index in [1.54, 1.807) is 0 Å². The molecule has 0 atom stereocenters. The highest BCUT2D eigenvalue weighted by molar-refractivity contribution is 5.95. The van der Waals surface area contributed by atoms with Crippen LogP contribution in [0.2, 0.25) is 0 Å². The van der Waals surface area contributed by atoms with E-state index in [0.29, 0.717) is 11.1 Å². The number of hydrogen-bond donors (Lipinski definition) is 0. The average Bonchev–Trinajstić information content (AvgIpc) is 3.29. The summed E-state index contributed by atoms with van der Waals surface area (Å²) >= 11 is 0. The fourth-order valence-electron chi connectivity index (χ4n) is 12.0. The molecule has 66 heavy (non-hydrogen) atoms. The summed E-state index contributed by atoms with van der Waals surface area (Å²) in [5, 5.41) is 4.30. The third kappa shape index (κ3) is 6.27. The number of benzene rings is 6. The number of rotatable bonds is 4. The Kier molecular flexibility index (Phi) is 8.75. The first-order valence-electron chi connectivity index (χ1n) is 24.0. The lowest BCUT2D eigenvalue weighted by Gasteiger charge is -2.48. The van der Waals surface area contributed by atoms with Gasteiger partial charge < -0.3 is 18.6 Å². The van der Waals surface area contributed by atoms with Gasteiger partial charge in [-0.3, -0.25) is 0 Å². The third-order valence-corrected chi connectivity index (χ3v) is 16.4. The predicted molar refractivity (Wildman–Crippen MR) is 273 cm³/mol. The minimum atomic E-state index is -0.294. The minimum absolute atomic E-state index is 0.0437. The zero-order valence-electron chi connectivity index (χ0n) is 39.6. The monoisotopic (exact) mass is 870 g/mol. The van der Waals surface area contributed by atoms with Crippen LogP contribution in [-0.4, -0.2) is 26.2 Å². The second-order valence-electron chi connectivity index (χ2n) is 22.5. The first-order chi connectivity index (χ1) is 31.5. The van der Waals surface area contributed by atoms with Gasteiger partial charge in [0.15, 0.2) is 0 Å². The lowest BCUT2D eigenvalue weighted by molar-refractivity contribution is 0.398. The largest absolute Gasteiger partial charge is 0.422 e. The van der Waals surface area contributed by atoms with Crippen LogP contribution in [0, 0.1) is 0 Å². The van der Waals surface area contributed by atoms with E-state index in [9.17, 15) is 9.59 Å². The van der Waals surface area contributed by atoms with Crippen molar-refractivity contribution in [2.24, 2.45) is 0 Å². The lowest BCUT2D eigenvalue weighted by Crippen LogP contribution is -2.44. The molecule has 0 bridgehead atoms. The summed E-state index contributed by atoms with van der Waals surface area (Å²) in [7, 11) is 0. The fourth-order valence-corrected chi connectivity index (χ4v) is 12.0. The number of anilines is 2. The molecule has 4 aliphatic rings. The van der Waals surface area contributed by atoms with Crippen LogP contribution in [-0.2, 0) is 21.7 Å². The highest BCUT2D eigenvalue weighted by atomic mass is 16.4. The van der Waals surface area contributed by atoms with Gasteiger partial charge in [0.1, 0.15) is 11.2 Å². The van der Waals surface area contributed by atoms with E-state index >= 15 is 0 Å². The van der Waals surface area contributed by atoms with Crippen molar-refractivity contribution < 1.29 is 8.83 Å². The molecule has 8 aromatic rings. The van der Waals surface area contributed by atoms with Gasteiger partial charge in [0, 0.05) is 59.5 Å². The van der Waals surface area contributed by atoms with Gasteiger partial charge in [-0.25, -0.2) is 9.59 Å². The molecule has 0 aliphatic carbocycles. The zero-order chi connectivity index (χ0) is 45.7. The second-order valence-corrected chi connectivity index (χ2v) is 22.5. The molecule has 12 rings (SSSR count). The van der Waals surface area contributed by atoms with Gasteiger partial charge in [0.05, 0.1) is 11.1 Å². The molecule has 6 nitrogen and oxygen atoms in total. The van der Waals surface area contributed by atoms with Crippen LogP contribution in [0.25, 0.3) is 77.2 Å². The van der Waals surface area contributed by atoms with Crippen LogP contribution < -0.4 is 21.1 Å². The van der Waals surface area contributed by atoms with Crippen molar-refractivity contribution in [1.29, 1.82) is 0 Å². The van der Waals surface area contributed by atoms with Gasteiger partial charge in [-0.15, -0.1) is 0 Å². The maximum Gasteiger partial charge on any atom is 0.344 e. The lowest BCUT2D eigenvalue weighted by atomic mass is 9.69. The summed E-state index contributed by atoms with van der Waals surface area (Å²) in [6.45, 7) is 22.7. The molecule has 332 valence electrons. The first kappa shape index (κ1) is 41.1. The molecule has 6 aromatic carbocycles. The SMILES string of the molecule is CC1(C)CCN2CCC(C)(C)c3c2c1cc1cc(-c2ccc(-c4ccc5cc(-c6ccc(-c7cc8cc9c%10c(c8oc7=O)C(C)(C)CCN%10CCC9(C)C)cc6)ccc5c4)cc2)c(=O)oc31. The summed E-state index contributed by atoms with van der Waals surface area (Å²) < 4.78 is 12.6. The topological polar surface area (TPSA) is 66.9 Å². The Balaban J connectivity index is 0.823. The quantitative estimate of drug-likeness (QED) is 0.164. The maximum absolute atomic E-state index is 13.8. The molecule has 0 spiro atoms. The van der Waals surface area contributed by atoms with Crippen LogP contribution in [0.4, 0.5) is 11.4 Å². The van der Waals surface area contributed by atoms with Crippen LogP contribution in [0.1, 0.15) is 103 Å². The van der Waals surface area contributed by atoms with E-state index in [4.69, 9.17) is 8.83 Å². The molecule has 4 aliphatic heterocycles. The smallest absolute Gasteiger partial charge is 0.344 e. The molecule has 0 saturated carbocycles. The van der Waals surface area contributed by atoms with Crippen LogP contribution >= 0.6 is 0 Å². The highest BCUT2D eigenvalue weighted by Crippen LogP contribution is 2.53. The van der Waals surface area contributed by atoms with Gasteiger partial charge in [-0.1, -0.05) is 128 Å². The van der Waals surface area contributed by atoms with Crippen LogP contribution in [0.3, 0.4) is 0 Å². The van der Waals surface area contributed by atoms with E-state index in [1.165, 1.54) is 33.6 Å². The van der Waals surface area contributed by atoms with E-state index in [0.717, 1.165) is 118 Å². The van der Waals surface area contributed by atoms with Crippen molar-refractivity contribution >= 4 is 44.1 Å². The van der Waals surface area contributed by atoms with Crippen molar-refractivity contribution in [3.05, 3.63) is 152 Å². The van der Waals surface area contributed by atoms with Gasteiger partial charge in [0.25, 0.3) is 0 Å². The van der Waals surface area contributed by atoms with Crippen LogP contribution in [0.5, 0.6) is 0 Å². The Bertz CT molecular complexity index is 3240. The van der Waals surface area contributed by atoms with Gasteiger partial charge in [-0.2, -0.15) is 0 Å². The summed E-state index contributed by atoms with van der Waals surface area (Å²) in [5.74, 6) is 0. The molecule has 6 heterocycles. The van der Waals surface area contributed by atoms with E-state index < -0.39 is 0 Å². The summed E-state index contributed by atoms with van der Waals surface area (Å²) in [5.41, 5.74) is 15.8. The summed E-state index contributed by atoms with van der Waals surface area (Å²) in [4.78, 5) is 32.6. The molecule has 0 amide bonds. The molecule has 0 radical (unpaired) electrons. The van der Waals surface area contributed by atoms with Crippen molar-refractivity contribution in [2.45, 2.75) is 103 Å². The van der Waals surface area contributed by atoms with Crippen molar-refractivity contribution in [3.63, 3.8) is 0 Å². The molecule has 0 unspecified atom stereocenters. The van der Waals surface area contributed by atoms with Crippen LogP contribution in [0.15, 0.2) is 128 Å². The maximum atomic E-state index is 13.8. The standard InChI is InChI=1S/C60H58N2O4/c1-57(2)21-25-61-27-23-59(5,6)49-51(61)47(57)33-43-31-45(55(63)65-53(43)49)37-13-9-35(10-14-37)39-17-19-42-30-40(18-20-41(42)29-39)36-11-15-38(16-12-36)46-32-44-34-48-52-50(54(44)66-56(46)64)60(7,8)24-28-62(52)26-22-58(48,3)4/h9-20,29-34H,21-28H2,1-8H3. The number of hydrogen-bond acceptors (Lipinski definition) is 6. The van der Waals surface area contributed by atoms with E-state index in [-0.39, 0.29) is 32.9 Å². The number of fused-ring (bicyclic) bond motifs is 5. The first-order valence-corrected chi connectivity index (χ1v) is 24.0. The summed E-state index contributed by atoms with van der Waals surface area (Å²) in [6, 6.07) is 38.4. The fraction of sp³-hybridized carbons (Fsp3) is 0.333. The third-order valence-electron chi connectivity index (χ3n) is 16.4. The summed E-state index contributed by atoms with van der Waals surface area (Å²) in [6.07, 6.45) is 4.28. The Hall–Kier alpha value is -6.40. The Labute approximate surface area is 386 Å². The molecular weight excluding hydrogens is 813 g/mol. The molecule has 0 N–H and O–H groups in total. The molecule has 6 heteroatoms. The van der Waals surface area contributed by atoms with Crippen molar-refractivity contribution in [2.75, 3.05) is 36.0 Å². The predicted octanol–water partition coefficient (Wildman–Crippen LogP) is 14.1. The van der Waals surface area contributed by atoms with Gasteiger partial charge in [0.2, 0.25) is 0 Å². The molecular formula is C60H58N2O4. The van der Waals surface area contributed by atoms with E-state index in [1.807, 2.05) is 24.3 Å². The van der Waals surface area contributed by atoms with E-state index in [2.05, 4.69) is 150 Å². The molecule has 2 aromatic heterocycles.